The van der Waals surface area contributed by atoms with Crippen molar-refractivity contribution >= 4 is 11.9 Å². The standard InChI is InChI=1S/C13H16O6/c1-3-5-11(16)18-9-13(7-14,8-15)10-19-12(17)6-4-2/h1-2,14-15H,5-10H2. The van der Waals surface area contributed by atoms with E-state index < -0.39 is 30.6 Å². The number of aliphatic hydroxyl groups excluding tert-OH is 2. The van der Waals surface area contributed by atoms with Gasteiger partial charge in [0.25, 0.3) is 0 Å². The lowest BCUT2D eigenvalue weighted by atomic mass is 9.92. The number of esters is 2. The van der Waals surface area contributed by atoms with Gasteiger partial charge in [0.15, 0.2) is 0 Å². The second kappa shape index (κ2) is 8.98. The lowest BCUT2D eigenvalue weighted by Crippen LogP contribution is -2.41. The lowest BCUT2D eigenvalue weighted by Gasteiger charge is -2.28. The zero-order valence-corrected chi connectivity index (χ0v) is 10.4. The molecule has 0 aromatic rings. The summed E-state index contributed by atoms with van der Waals surface area (Å²) in [7, 11) is 0. The summed E-state index contributed by atoms with van der Waals surface area (Å²) in [5, 5.41) is 18.5. The van der Waals surface area contributed by atoms with Crippen molar-refractivity contribution in [3.63, 3.8) is 0 Å². The van der Waals surface area contributed by atoms with Gasteiger partial charge < -0.3 is 19.7 Å². The van der Waals surface area contributed by atoms with E-state index in [2.05, 4.69) is 11.8 Å². The average Bonchev–Trinajstić information content (AvgIpc) is 2.40. The van der Waals surface area contributed by atoms with Gasteiger partial charge in [0.05, 0.1) is 18.6 Å². The van der Waals surface area contributed by atoms with Crippen LogP contribution in [0.4, 0.5) is 0 Å². The molecule has 0 aromatic carbocycles. The smallest absolute Gasteiger partial charge is 0.317 e. The van der Waals surface area contributed by atoms with Crippen LogP contribution in [0.5, 0.6) is 0 Å². The summed E-state index contributed by atoms with van der Waals surface area (Å²) in [4.78, 5) is 22.2. The second-order valence-electron chi connectivity index (χ2n) is 3.90. The van der Waals surface area contributed by atoms with Crippen LogP contribution in [0.1, 0.15) is 12.8 Å². The van der Waals surface area contributed by atoms with Crippen molar-refractivity contribution in [1.82, 2.24) is 0 Å². The van der Waals surface area contributed by atoms with Gasteiger partial charge >= 0.3 is 11.9 Å². The molecule has 0 radical (unpaired) electrons. The van der Waals surface area contributed by atoms with Crippen molar-refractivity contribution in [2.24, 2.45) is 5.41 Å². The lowest BCUT2D eigenvalue weighted by molar-refractivity contribution is -0.157. The minimum Gasteiger partial charge on any atom is -0.464 e. The Labute approximate surface area is 111 Å². The number of rotatable bonds is 8. The highest BCUT2D eigenvalue weighted by Gasteiger charge is 2.32. The van der Waals surface area contributed by atoms with Crippen LogP contribution in [0.3, 0.4) is 0 Å². The second-order valence-corrected chi connectivity index (χ2v) is 3.90. The number of carbonyl (C=O) groups is 2. The first-order chi connectivity index (χ1) is 9.03. The van der Waals surface area contributed by atoms with Crippen LogP contribution < -0.4 is 0 Å². The van der Waals surface area contributed by atoms with Crippen LogP contribution in [-0.2, 0) is 19.1 Å². The van der Waals surface area contributed by atoms with E-state index in [9.17, 15) is 19.8 Å². The fraction of sp³-hybridized carbons (Fsp3) is 0.538. The SMILES string of the molecule is C#CCC(=O)OCC(CO)(CO)COC(=O)CC#C. The number of hydrogen-bond acceptors (Lipinski definition) is 6. The van der Waals surface area contributed by atoms with Crippen molar-refractivity contribution in [3.05, 3.63) is 0 Å². The zero-order valence-electron chi connectivity index (χ0n) is 10.4. The van der Waals surface area contributed by atoms with E-state index in [0.717, 1.165) is 0 Å². The molecular weight excluding hydrogens is 252 g/mol. The normalized spacial score (nSPS) is 10.1. The number of terminal acetylenes is 2. The third-order valence-corrected chi connectivity index (χ3v) is 2.24. The molecular formula is C13H16O6. The molecule has 6 heteroatoms. The molecule has 0 fully saturated rings. The first-order valence-electron chi connectivity index (χ1n) is 5.43. The van der Waals surface area contributed by atoms with Gasteiger partial charge in [0.1, 0.15) is 26.1 Å². The molecule has 0 amide bonds. The van der Waals surface area contributed by atoms with E-state index in [-0.39, 0.29) is 26.1 Å². The molecule has 19 heavy (non-hydrogen) atoms. The molecule has 0 rings (SSSR count). The Bertz CT molecular complexity index is 349. The fourth-order valence-electron chi connectivity index (χ4n) is 1.01. The summed E-state index contributed by atoms with van der Waals surface area (Å²) in [5.41, 5.74) is -1.27. The van der Waals surface area contributed by atoms with Gasteiger partial charge in [-0.15, -0.1) is 12.8 Å². The van der Waals surface area contributed by atoms with E-state index in [4.69, 9.17) is 22.3 Å². The Kier molecular flexibility index (Phi) is 8.03. The molecule has 104 valence electrons. The summed E-state index contributed by atoms with van der Waals surface area (Å²) in [6.45, 7) is -1.69. The van der Waals surface area contributed by atoms with Crippen molar-refractivity contribution in [2.75, 3.05) is 26.4 Å². The van der Waals surface area contributed by atoms with Gasteiger partial charge in [-0.1, -0.05) is 11.8 Å². The minimum atomic E-state index is -1.27. The molecule has 0 spiro atoms. The molecule has 0 saturated heterocycles. The van der Waals surface area contributed by atoms with Crippen LogP contribution in [0.15, 0.2) is 0 Å². The topological polar surface area (TPSA) is 93.1 Å². The van der Waals surface area contributed by atoms with Gasteiger partial charge in [-0.2, -0.15) is 0 Å². The monoisotopic (exact) mass is 268 g/mol. The summed E-state index contributed by atoms with van der Waals surface area (Å²) in [6, 6.07) is 0. The van der Waals surface area contributed by atoms with Crippen molar-refractivity contribution in [2.45, 2.75) is 12.8 Å². The molecule has 0 unspecified atom stereocenters. The highest BCUT2D eigenvalue weighted by Crippen LogP contribution is 2.17. The molecule has 6 nitrogen and oxygen atoms in total. The molecule has 0 aliphatic heterocycles. The highest BCUT2D eigenvalue weighted by molar-refractivity contribution is 5.72. The van der Waals surface area contributed by atoms with Crippen LogP contribution in [0.2, 0.25) is 0 Å². The molecule has 0 heterocycles. The van der Waals surface area contributed by atoms with Gasteiger partial charge in [-0.05, 0) is 0 Å². The number of hydrogen-bond donors (Lipinski definition) is 2. The average molecular weight is 268 g/mol. The Morgan fingerprint density at radius 2 is 1.32 bits per heavy atom. The van der Waals surface area contributed by atoms with Gasteiger partial charge in [-0.25, -0.2) is 0 Å². The molecule has 0 aliphatic rings. The molecule has 0 aliphatic carbocycles. The molecule has 0 saturated carbocycles. The maximum atomic E-state index is 11.1. The number of carbonyl (C=O) groups excluding carboxylic acids is 2. The summed E-state index contributed by atoms with van der Waals surface area (Å²) >= 11 is 0. The third kappa shape index (κ3) is 6.46. The van der Waals surface area contributed by atoms with Crippen molar-refractivity contribution in [1.29, 1.82) is 0 Å². The molecule has 0 bridgehead atoms. The van der Waals surface area contributed by atoms with E-state index in [0.29, 0.717) is 0 Å². The fourth-order valence-corrected chi connectivity index (χ4v) is 1.01. The minimum absolute atomic E-state index is 0.218. The Hall–Kier alpha value is -2.02. The number of ether oxygens (including phenoxy) is 2. The van der Waals surface area contributed by atoms with Crippen LogP contribution in [0.25, 0.3) is 0 Å². The third-order valence-electron chi connectivity index (χ3n) is 2.24. The van der Waals surface area contributed by atoms with Gasteiger partial charge in [0, 0.05) is 0 Å². The highest BCUT2D eigenvalue weighted by atomic mass is 16.5. The summed E-state index contributed by atoms with van der Waals surface area (Å²) in [5.74, 6) is 2.87. The Balaban J connectivity index is 4.42. The molecule has 0 atom stereocenters. The predicted octanol–water partition coefficient (Wildman–Crippen LogP) is -0.910. The summed E-state index contributed by atoms with van der Waals surface area (Å²) in [6.07, 6.45) is 9.42. The molecule has 2 N–H and O–H groups in total. The van der Waals surface area contributed by atoms with Crippen molar-refractivity contribution in [3.8, 4) is 24.7 Å². The van der Waals surface area contributed by atoms with E-state index in [1.54, 1.807) is 0 Å². The maximum Gasteiger partial charge on any atom is 0.317 e. The van der Waals surface area contributed by atoms with Crippen LogP contribution in [-0.4, -0.2) is 48.6 Å². The Morgan fingerprint density at radius 3 is 1.58 bits per heavy atom. The first-order valence-corrected chi connectivity index (χ1v) is 5.43. The first kappa shape index (κ1) is 17.0. The molecule has 0 aromatic heterocycles. The Morgan fingerprint density at radius 1 is 0.947 bits per heavy atom. The van der Waals surface area contributed by atoms with Gasteiger partial charge in [-0.3, -0.25) is 9.59 Å². The largest absolute Gasteiger partial charge is 0.464 e. The number of aliphatic hydroxyl groups is 2. The van der Waals surface area contributed by atoms with Crippen LogP contribution in [0, 0.1) is 30.1 Å². The zero-order chi connectivity index (χ0) is 14.7. The van der Waals surface area contributed by atoms with E-state index >= 15 is 0 Å². The van der Waals surface area contributed by atoms with E-state index in [1.807, 2.05) is 0 Å². The van der Waals surface area contributed by atoms with E-state index in [1.165, 1.54) is 0 Å². The van der Waals surface area contributed by atoms with Gasteiger partial charge in [0.2, 0.25) is 0 Å². The quantitative estimate of drug-likeness (QED) is 0.437. The maximum absolute atomic E-state index is 11.1. The predicted molar refractivity (Wildman–Crippen MR) is 65.4 cm³/mol. The van der Waals surface area contributed by atoms with Crippen molar-refractivity contribution < 1.29 is 29.3 Å². The summed E-state index contributed by atoms with van der Waals surface area (Å²) < 4.78 is 9.58. The van der Waals surface area contributed by atoms with Crippen LogP contribution >= 0.6 is 0 Å².